The zero-order valence-corrected chi connectivity index (χ0v) is 13.3. The molecule has 118 valence electrons. The molecule has 4 rings (SSSR count). The lowest BCUT2D eigenvalue weighted by Gasteiger charge is -2.13. The Labute approximate surface area is 141 Å². The SMILES string of the molecule is O=C(OCCC1c2ccccc2-c2ccccc21)c1ccccc1. The topological polar surface area (TPSA) is 26.3 Å². The van der Waals surface area contributed by atoms with E-state index in [0.717, 1.165) is 6.42 Å². The van der Waals surface area contributed by atoms with Crippen LogP contribution in [0.3, 0.4) is 0 Å². The highest BCUT2D eigenvalue weighted by Gasteiger charge is 2.27. The van der Waals surface area contributed by atoms with Gasteiger partial charge in [0.2, 0.25) is 0 Å². The molecule has 0 atom stereocenters. The van der Waals surface area contributed by atoms with E-state index in [9.17, 15) is 4.79 Å². The first-order valence-electron chi connectivity index (χ1n) is 8.25. The molecule has 0 aromatic heterocycles. The van der Waals surface area contributed by atoms with E-state index in [0.29, 0.717) is 18.1 Å². The van der Waals surface area contributed by atoms with Gasteiger partial charge in [-0.3, -0.25) is 0 Å². The summed E-state index contributed by atoms with van der Waals surface area (Å²) in [6.45, 7) is 0.418. The van der Waals surface area contributed by atoms with Gasteiger partial charge >= 0.3 is 5.97 Å². The highest BCUT2D eigenvalue weighted by Crippen LogP contribution is 2.45. The summed E-state index contributed by atoms with van der Waals surface area (Å²) < 4.78 is 5.48. The molecule has 0 fully saturated rings. The molecular weight excluding hydrogens is 296 g/mol. The number of rotatable bonds is 4. The zero-order valence-electron chi connectivity index (χ0n) is 13.3. The van der Waals surface area contributed by atoms with Crippen molar-refractivity contribution in [2.75, 3.05) is 6.61 Å². The van der Waals surface area contributed by atoms with Gasteiger partial charge in [-0.15, -0.1) is 0 Å². The van der Waals surface area contributed by atoms with E-state index < -0.39 is 0 Å². The fraction of sp³-hybridized carbons (Fsp3) is 0.136. The van der Waals surface area contributed by atoms with Gasteiger partial charge in [0, 0.05) is 5.92 Å². The Morgan fingerprint density at radius 1 is 0.750 bits per heavy atom. The minimum Gasteiger partial charge on any atom is -0.462 e. The fourth-order valence-electron chi connectivity index (χ4n) is 3.50. The molecule has 0 N–H and O–H groups in total. The van der Waals surface area contributed by atoms with Crippen molar-refractivity contribution in [3.63, 3.8) is 0 Å². The number of carbonyl (C=O) groups is 1. The summed E-state index contributed by atoms with van der Waals surface area (Å²) in [4.78, 5) is 12.1. The minimum atomic E-state index is -0.254. The van der Waals surface area contributed by atoms with Crippen molar-refractivity contribution in [2.24, 2.45) is 0 Å². The predicted octanol–water partition coefficient (Wildman–Crippen LogP) is 5.05. The molecule has 24 heavy (non-hydrogen) atoms. The van der Waals surface area contributed by atoms with E-state index in [-0.39, 0.29) is 5.97 Å². The number of esters is 1. The molecular formula is C22H18O2. The number of fused-ring (bicyclic) bond motifs is 3. The van der Waals surface area contributed by atoms with Gasteiger partial charge in [0.1, 0.15) is 0 Å². The Hall–Kier alpha value is -2.87. The van der Waals surface area contributed by atoms with E-state index in [4.69, 9.17) is 4.74 Å². The molecule has 1 aliphatic carbocycles. The Balaban J connectivity index is 1.50. The van der Waals surface area contributed by atoms with Crippen molar-refractivity contribution < 1.29 is 9.53 Å². The average molecular weight is 314 g/mol. The summed E-state index contributed by atoms with van der Waals surface area (Å²) in [6.07, 6.45) is 0.798. The molecule has 0 saturated heterocycles. The average Bonchev–Trinajstić information content (AvgIpc) is 2.97. The van der Waals surface area contributed by atoms with Crippen LogP contribution in [0.5, 0.6) is 0 Å². The summed E-state index contributed by atoms with van der Waals surface area (Å²) in [7, 11) is 0. The quantitative estimate of drug-likeness (QED) is 0.630. The molecule has 0 bridgehead atoms. The number of benzene rings is 3. The van der Waals surface area contributed by atoms with E-state index in [1.54, 1.807) is 12.1 Å². The van der Waals surface area contributed by atoms with Gasteiger partial charge in [0.25, 0.3) is 0 Å². The van der Waals surface area contributed by atoms with Gasteiger partial charge in [0.05, 0.1) is 12.2 Å². The summed E-state index contributed by atoms with van der Waals surface area (Å²) in [5, 5.41) is 0. The highest BCUT2D eigenvalue weighted by molar-refractivity contribution is 5.89. The van der Waals surface area contributed by atoms with E-state index in [1.807, 2.05) is 18.2 Å². The third-order valence-electron chi connectivity index (χ3n) is 4.61. The van der Waals surface area contributed by atoms with Gasteiger partial charge < -0.3 is 4.74 Å². The van der Waals surface area contributed by atoms with Crippen LogP contribution < -0.4 is 0 Å². The third kappa shape index (κ3) is 2.61. The Morgan fingerprint density at radius 2 is 1.29 bits per heavy atom. The van der Waals surface area contributed by atoms with Gasteiger partial charge in [-0.25, -0.2) is 4.79 Å². The Morgan fingerprint density at radius 3 is 1.92 bits per heavy atom. The number of hydrogen-bond acceptors (Lipinski definition) is 2. The maximum absolute atomic E-state index is 12.1. The second kappa shape index (κ2) is 6.32. The monoisotopic (exact) mass is 314 g/mol. The fourth-order valence-corrected chi connectivity index (χ4v) is 3.50. The molecule has 1 aliphatic rings. The summed E-state index contributed by atoms with van der Waals surface area (Å²) in [6, 6.07) is 26.2. The van der Waals surface area contributed by atoms with Crippen molar-refractivity contribution in [3.8, 4) is 11.1 Å². The second-order valence-electron chi connectivity index (χ2n) is 6.02. The third-order valence-corrected chi connectivity index (χ3v) is 4.61. The van der Waals surface area contributed by atoms with Crippen LogP contribution in [0, 0.1) is 0 Å². The molecule has 0 aliphatic heterocycles. The van der Waals surface area contributed by atoms with Crippen LogP contribution in [0.2, 0.25) is 0 Å². The maximum atomic E-state index is 12.1. The first-order chi connectivity index (χ1) is 11.8. The molecule has 0 saturated carbocycles. The van der Waals surface area contributed by atoms with Crippen molar-refractivity contribution in [1.29, 1.82) is 0 Å². The van der Waals surface area contributed by atoms with Crippen molar-refractivity contribution >= 4 is 5.97 Å². The van der Waals surface area contributed by atoms with Gasteiger partial charge in [-0.1, -0.05) is 66.7 Å². The molecule has 0 amide bonds. The van der Waals surface area contributed by atoms with Crippen LogP contribution in [0.1, 0.15) is 33.8 Å². The van der Waals surface area contributed by atoms with Gasteiger partial charge in [0.15, 0.2) is 0 Å². The molecule has 3 aromatic carbocycles. The van der Waals surface area contributed by atoms with Crippen molar-refractivity contribution in [2.45, 2.75) is 12.3 Å². The lowest BCUT2D eigenvalue weighted by Crippen LogP contribution is -2.09. The van der Waals surface area contributed by atoms with Crippen molar-refractivity contribution in [3.05, 3.63) is 95.6 Å². The lowest BCUT2D eigenvalue weighted by atomic mass is 9.94. The van der Waals surface area contributed by atoms with Crippen LogP contribution in [0.25, 0.3) is 11.1 Å². The molecule has 2 nitrogen and oxygen atoms in total. The van der Waals surface area contributed by atoms with Crippen LogP contribution in [-0.4, -0.2) is 12.6 Å². The van der Waals surface area contributed by atoms with Crippen LogP contribution >= 0.6 is 0 Å². The number of hydrogen-bond donors (Lipinski definition) is 0. The smallest absolute Gasteiger partial charge is 0.338 e. The lowest BCUT2D eigenvalue weighted by molar-refractivity contribution is 0.0496. The summed E-state index contributed by atoms with van der Waals surface area (Å²) in [5.41, 5.74) is 5.86. The first kappa shape index (κ1) is 14.7. The highest BCUT2D eigenvalue weighted by atomic mass is 16.5. The van der Waals surface area contributed by atoms with E-state index in [1.165, 1.54) is 22.3 Å². The summed E-state index contributed by atoms with van der Waals surface area (Å²) >= 11 is 0. The van der Waals surface area contributed by atoms with Crippen LogP contribution in [0.4, 0.5) is 0 Å². The molecule has 3 aromatic rings. The first-order valence-corrected chi connectivity index (χ1v) is 8.25. The Kier molecular flexibility index (Phi) is 3.87. The molecule has 0 spiro atoms. The van der Waals surface area contributed by atoms with E-state index in [2.05, 4.69) is 48.5 Å². The van der Waals surface area contributed by atoms with Crippen LogP contribution in [0.15, 0.2) is 78.9 Å². The molecule has 0 heterocycles. The number of ether oxygens (including phenoxy) is 1. The Bertz CT molecular complexity index is 822. The predicted molar refractivity (Wildman–Crippen MR) is 95.1 cm³/mol. The maximum Gasteiger partial charge on any atom is 0.338 e. The largest absolute Gasteiger partial charge is 0.462 e. The summed E-state index contributed by atoms with van der Waals surface area (Å²) in [5.74, 6) is 0.0381. The van der Waals surface area contributed by atoms with Gasteiger partial charge in [-0.05, 0) is 40.8 Å². The van der Waals surface area contributed by atoms with E-state index >= 15 is 0 Å². The molecule has 2 heteroatoms. The molecule has 0 unspecified atom stereocenters. The molecule has 0 radical (unpaired) electrons. The zero-order chi connectivity index (χ0) is 16.4. The van der Waals surface area contributed by atoms with Crippen LogP contribution in [-0.2, 0) is 4.74 Å². The van der Waals surface area contributed by atoms with Crippen molar-refractivity contribution in [1.82, 2.24) is 0 Å². The standard InChI is InChI=1S/C22H18O2/c23-22(16-8-2-1-3-9-16)24-15-14-21-19-12-6-4-10-17(19)18-11-5-7-13-20(18)21/h1-13,21H,14-15H2. The minimum absolute atomic E-state index is 0.254. The second-order valence-corrected chi connectivity index (χ2v) is 6.02. The normalized spacial score (nSPS) is 12.5. The number of carbonyl (C=O) groups excluding carboxylic acids is 1. The van der Waals surface area contributed by atoms with Gasteiger partial charge in [-0.2, -0.15) is 0 Å².